The van der Waals surface area contributed by atoms with Crippen molar-refractivity contribution in [3.63, 3.8) is 0 Å². The maximum absolute atomic E-state index is 13.4. The van der Waals surface area contributed by atoms with Gasteiger partial charge in [0.2, 0.25) is 0 Å². The second-order valence-corrected chi connectivity index (χ2v) is 8.97. The molecule has 0 atom stereocenters. The summed E-state index contributed by atoms with van der Waals surface area (Å²) in [4.78, 5) is 26.8. The largest absolute Gasteiger partial charge is 0.507 e. The highest BCUT2D eigenvalue weighted by Crippen LogP contribution is 2.45. The van der Waals surface area contributed by atoms with E-state index in [2.05, 4.69) is 29.7 Å². The van der Waals surface area contributed by atoms with E-state index < -0.39 is 5.41 Å². The van der Waals surface area contributed by atoms with Crippen LogP contribution in [0.2, 0.25) is 0 Å². The van der Waals surface area contributed by atoms with E-state index in [9.17, 15) is 14.7 Å². The van der Waals surface area contributed by atoms with Gasteiger partial charge in [0.05, 0.1) is 5.41 Å². The summed E-state index contributed by atoms with van der Waals surface area (Å²) in [5, 5.41) is 13.1. The number of hydrogen-bond acceptors (Lipinski definition) is 4. The number of aliphatic hydroxyl groups excluding tert-OH is 1. The maximum Gasteiger partial charge on any atom is 0.196 e. The van der Waals surface area contributed by atoms with E-state index in [4.69, 9.17) is 4.42 Å². The fraction of sp³-hybridized carbons (Fsp3) is 0.310. The van der Waals surface area contributed by atoms with Crippen molar-refractivity contribution in [2.24, 2.45) is 0 Å². The minimum atomic E-state index is -0.954. The van der Waals surface area contributed by atoms with Crippen molar-refractivity contribution in [1.29, 1.82) is 0 Å². The van der Waals surface area contributed by atoms with E-state index in [0.29, 0.717) is 30.6 Å². The smallest absolute Gasteiger partial charge is 0.196 e. The number of Topliss-reactive ketones (excluding diaryl/α,β-unsaturated/α-hetero) is 1. The minimum absolute atomic E-state index is 0.132. The second kappa shape index (κ2) is 8.01. The third kappa shape index (κ3) is 2.86. The minimum Gasteiger partial charge on any atom is -0.507 e. The van der Waals surface area contributed by atoms with Gasteiger partial charge in [0, 0.05) is 45.6 Å². The first-order valence-corrected chi connectivity index (χ1v) is 12.1. The van der Waals surface area contributed by atoms with Crippen LogP contribution in [0.25, 0.3) is 38.9 Å². The lowest BCUT2D eigenvalue weighted by molar-refractivity contribution is -0.122. The van der Waals surface area contributed by atoms with Crippen LogP contribution in [0, 0.1) is 0 Å². The Balaban J connectivity index is 1.80. The van der Waals surface area contributed by atoms with Crippen molar-refractivity contribution in [2.45, 2.75) is 58.9 Å². The van der Waals surface area contributed by atoms with Gasteiger partial charge in [0.25, 0.3) is 0 Å². The summed E-state index contributed by atoms with van der Waals surface area (Å²) in [6.45, 7) is 8.65. The Morgan fingerprint density at radius 3 is 2.29 bits per heavy atom. The van der Waals surface area contributed by atoms with E-state index in [1.54, 1.807) is 0 Å². The van der Waals surface area contributed by atoms with Gasteiger partial charge in [-0.1, -0.05) is 39.0 Å². The normalized spacial score (nSPS) is 15.4. The average Bonchev–Trinajstić information content (AvgIpc) is 3.17. The standard InChI is InChI=1S/C29H29NO4/c1-5-18-26(32)25-23(31)16-24(34-28(25)29(6-2,7-3)27(18)33)17-13-14-22-20(15-17)19-11-9-10-12-21(19)30(22)8-4/h9-16,32H,5-8H2,1-4H3. The third-order valence-electron chi connectivity index (χ3n) is 7.55. The molecule has 0 aliphatic heterocycles. The summed E-state index contributed by atoms with van der Waals surface area (Å²) in [6, 6.07) is 15.8. The summed E-state index contributed by atoms with van der Waals surface area (Å²) >= 11 is 0. The Bertz CT molecular complexity index is 1550. The van der Waals surface area contributed by atoms with Crippen molar-refractivity contribution in [1.82, 2.24) is 4.57 Å². The summed E-state index contributed by atoms with van der Waals surface area (Å²) in [5.41, 5.74) is 2.21. The first-order valence-electron chi connectivity index (χ1n) is 12.1. The van der Waals surface area contributed by atoms with Crippen LogP contribution in [0.5, 0.6) is 0 Å². The molecule has 1 aliphatic rings. The Morgan fingerprint density at radius 2 is 1.62 bits per heavy atom. The number of benzene rings is 2. The van der Waals surface area contributed by atoms with E-state index >= 15 is 0 Å². The van der Waals surface area contributed by atoms with Gasteiger partial charge >= 0.3 is 0 Å². The summed E-state index contributed by atoms with van der Waals surface area (Å²) in [5.74, 6) is 0.315. The molecule has 0 unspecified atom stereocenters. The number of fused-ring (bicyclic) bond motifs is 4. The zero-order valence-corrected chi connectivity index (χ0v) is 20.1. The zero-order chi connectivity index (χ0) is 24.2. The molecular formula is C29H29NO4. The molecule has 5 nitrogen and oxygen atoms in total. The van der Waals surface area contributed by atoms with Gasteiger partial charge in [-0.25, -0.2) is 0 Å². The Labute approximate surface area is 198 Å². The molecule has 0 radical (unpaired) electrons. The number of aromatic nitrogens is 1. The maximum atomic E-state index is 13.4. The fourth-order valence-corrected chi connectivity index (χ4v) is 5.62. The van der Waals surface area contributed by atoms with Gasteiger partial charge in [-0.3, -0.25) is 9.59 Å². The number of rotatable bonds is 5. The van der Waals surface area contributed by atoms with Crippen LogP contribution in [0.3, 0.4) is 0 Å². The van der Waals surface area contributed by atoms with Gasteiger partial charge in [-0.05, 0) is 50.5 Å². The molecule has 174 valence electrons. The van der Waals surface area contributed by atoms with Gasteiger partial charge in [-0.2, -0.15) is 0 Å². The van der Waals surface area contributed by atoms with Crippen LogP contribution < -0.4 is 5.43 Å². The predicted octanol–water partition coefficient (Wildman–Crippen LogP) is 6.75. The molecule has 0 saturated heterocycles. The number of carbonyl (C=O) groups excluding carboxylic acids is 1. The Kier molecular flexibility index (Phi) is 5.23. The molecule has 5 rings (SSSR count). The average molecular weight is 456 g/mol. The predicted molar refractivity (Wildman–Crippen MR) is 136 cm³/mol. The monoisotopic (exact) mass is 455 g/mol. The first-order chi connectivity index (χ1) is 16.4. The van der Waals surface area contributed by atoms with Crippen LogP contribution in [-0.2, 0) is 16.8 Å². The molecule has 0 fully saturated rings. The van der Waals surface area contributed by atoms with Crippen molar-refractivity contribution in [3.8, 4) is 11.3 Å². The highest BCUT2D eigenvalue weighted by molar-refractivity contribution is 6.11. The molecule has 2 aromatic carbocycles. The molecule has 1 aliphatic carbocycles. The van der Waals surface area contributed by atoms with Crippen LogP contribution in [0.4, 0.5) is 0 Å². The van der Waals surface area contributed by atoms with Crippen molar-refractivity contribution in [3.05, 3.63) is 75.7 Å². The molecule has 5 heteroatoms. The van der Waals surface area contributed by atoms with Crippen molar-refractivity contribution >= 4 is 33.3 Å². The SMILES string of the molecule is CCC1=C(O)c2c(oc(-c3ccc4c(c3)c3ccccc3n4CC)cc2=O)C(CC)(CC)C1=O. The number of allylic oxidation sites excluding steroid dienone is 1. The number of ketones is 1. The number of aliphatic hydroxyl groups is 1. The molecular weight excluding hydrogens is 426 g/mol. The lowest BCUT2D eigenvalue weighted by atomic mass is 9.68. The van der Waals surface area contributed by atoms with Crippen LogP contribution in [0.1, 0.15) is 58.3 Å². The quantitative estimate of drug-likeness (QED) is 0.361. The summed E-state index contributed by atoms with van der Waals surface area (Å²) in [6.07, 6.45) is 1.34. The molecule has 0 amide bonds. The Hall–Kier alpha value is -3.60. The van der Waals surface area contributed by atoms with Crippen molar-refractivity contribution in [2.75, 3.05) is 0 Å². The lowest BCUT2D eigenvalue weighted by Gasteiger charge is -2.35. The topological polar surface area (TPSA) is 72.4 Å². The number of para-hydroxylation sites is 1. The fourth-order valence-electron chi connectivity index (χ4n) is 5.62. The molecule has 2 aromatic heterocycles. The van der Waals surface area contributed by atoms with Crippen LogP contribution in [0.15, 0.2) is 63.3 Å². The molecule has 1 N–H and O–H groups in total. The van der Waals surface area contributed by atoms with Gasteiger partial charge < -0.3 is 14.1 Å². The van der Waals surface area contributed by atoms with E-state index in [1.165, 1.54) is 6.07 Å². The summed E-state index contributed by atoms with van der Waals surface area (Å²) in [7, 11) is 0. The van der Waals surface area contributed by atoms with Crippen LogP contribution >= 0.6 is 0 Å². The number of aryl methyl sites for hydroxylation is 1. The molecule has 0 saturated carbocycles. The number of nitrogens with zero attached hydrogens (tertiary/aromatic N) is 1. The highest BCUT2D eigenvalue weighted by Gasteiger charge is 2.48. The molecule has 2 heterocycles. The highest BCUT2D eigenvalue weighted by atomic mass is 16.3. The van der Waals surface area contributed by atoms with E-state index in [1.807, 2.05) is 45.0 Å². The van der Waals surface area contributed by atoms with Crippen molar-refractivity contribution < 1.29 is 14.3 Å². The zero-order valence-electron chi connectivity index (χ0n) is 20.1. The van der Waals surface area contributed by atoms with E-state index in [-0.39, 0.29) is 28.3 Å². The second-order valence-electron chi connectivity index (χ2n) is 8.97. The van der Waals surface area contributed by atoms with Gasteiger partial charge in [-0.15, -0.1) is 0 Å². The Morgan fingerprint density at radius 1 is 0.912 bits per heavy atom. The molecule has 34 heavy (non-hydrogen) atoms. The van der Waals surface area contributed by atoms with E-state index in [0.717, 1.165) is 33.9 Å². The molecule has 4 aromatic rings. The summed E-state index contributed by atoms with van der Waals surface area (Å²) < 4.78 is 8.64. The lowest BCUT2D eigenvalue weighted by Crippen LogP contribution is -2.41. The van der Waals surface area contributed by atoms with Gasteiger partial charge in [0.1, 0.15) is 22.8 Å². The van der Waals surface area contributed by atoms with Gasteiger partial charge in [0.15, 0.2) is 11.2 Å². The first kappa shape index (κ1) is 22.2. The molecule has 0 spiro atoms. The van der Waals surface area contributed by atoms with Crippen LogP contribution in [-0.4, -0.2) is 15.5 Å². The number of hydrogen-bond donors (Lipinski definition) is 1. The third-order valence-corrected chi connectivity index (χ3v) is 7.55. The molecule has 0 bridgehead atoms. The number of carbonyl (C=O) groups is 1.